The number of aromatic nitrogens is 2. The minimum absolute atomic E-state index is 0.840. The Kier molecular flexibility index (Phi) is 5.50. The zero-order valence-corrected chi connectivity index (χ0v) is 12.2. The Balaban J connectivity index is 2.00. The highest BCUT2D eigenvalue weighted by molar-refractivity contribution is 5.34. The van der Waals surface area contributed by atoms with Crippen molar-refractivity contribution in [3.05, 3.63) is 54.0 Å². The van der Waals surface area contributed by atoms with Crippen molar-refractivity contribution in [1.82, 2.24) is 14.9 Å². The second-order valence-electron chi connectivity index (χ2n) is 4.67. The van der Waals surface area contributed by atoms with Gasteiger partial charge in [-0.3, -0.25) is 9.88 Å². The van der Waals surface area contributed by atoms with Crippen LogP contribution < -0.4 is 5.32 Å². The van der Waals surface area contributed by atoms with E-state index in [9.17, 15) is 0 Å². The topological polar surface area (TPSA) is 41.0 Å². The third kappa shape index (κ3) is 4.31. The number of hydrogen-bond donors (Lipinski definition) is 1. The Hall–Kier alpha value is -1.94. The fraction of sp³-hybridized carbons (Fsp3) is 0.375. The average Bonchev–Trinajstić information content (AvgIpc) is 2.48. The zero-order chi connectivity index (χ0) is 14.2. The maximum Gasteiger partial charge on any atom is 0.126 e. The molecule has 0 unspecified atom stereocenters. The predicted octanol–water partition coefficient (Wildman–Crippen LogP) is 2.93. The summed E-state index contributed by atoms with van der Waals surface area (Å²) in [5.41, 5.74) is 2.18. The quantitative estimate of drug-likeness (QED) is 0.840. The molecule has 2 rings (SSSR count). The molecule has 4 heteroatoms. The first-order chi connectivity index (χ1) is 9.81. The number of hydrogen-bond acceptors (Lipinski definition) is 4. The molecule has 2 aromatic heterocycles. The monoisotopic (exact) mass is 270 g/mol. The van der Waals surface area contributed by atoms with Gasteiger partial charge >= 0.3 is 0 Å². The van der Waals surface area contributed by atoms with Crippen LogP contribution in [0.25, 0.3) is 0 Å². The van der Waals surface area contributed by atoms with Gasteiger partial charge in [0.1, 0.15) is 5.82 Å². The summed E-state index contributed by atoms with van der Waals surface area (Å²) in [4.78, 5) is 11.3. The Labute approximate surface area is 120 Å². The molecule has 0 atom stereocenters. The second-order valence-corrected chi connectivity index (χ2v) is 4.67. The van der Waals surface area contributed by atoms with Crippen LogP contribution in [0.3, 0.4) is 0 Å². The Morgan fingerprint density at radius 1 is 1.00 bits per heavy atom. The van der Waals surface area contributed by atoms with E-state index in [1.54, 1.807) is 0 Å². The van der Waals surface area contributed by atoms with Crippen LogP contribution in [0.2, 0.25) is 0 Å². The normalized spacial score (nSPS) is 10.8. The van der Waals surface area contributed by atoms with Crippen LogP contribution in [0.4, 0.5) is 5.82 Å². The fourth-order valence-corrected chi connectivity index (χ4v) is 2.08. The van der Waals surface area contributed by atoms with Gasteiger partial charge in [-0.25, -0.2) is 4.98 Å². The average molecular weight is 270 g/mol. The molecule has 0 bridgehead atoms. The molecule has 0 aromatic carbocycles. The van der Waals surface area contributed by atoms with Crippen LogP contribution in [0.15, 0.2) is 42.6 Å². The smallest absolute Gasteiger partial charge is 0.126 e. The van der Waals surface area contributed by atoms with Crippen LogP contribution in [0.5, 0.6) is 0 Å². The number of rotatable bonds is 7. The highest BCUT2D eigenvalue weighted by Crippen LogP contribution is 2.09. The lowest BCUT2D eigenvalue weighted by Crippen LogP contribution is -2.23. The van der Waals surface area contributed by atoms with Gasteiger partial charge in [0.25, 0.3) is 0 Å². The summed E-state index contributed by atoms with van der Waals surface area (Å²) in [6, 6.07) is 12.2. The van der Waals surface area contributed by atoms with Gasteiger partial charge in [0, 0.05) is 25.8 Å². The maximum atomic E-state index is 4.62. The van der Waals surface area contributed by atoms with E-state index in [0.717, 1.165) is 43.4 Å². The van der Waals surface area contributed by atoms with Crippen molar-refractivity contribution in [2.75, 3.05) is 18.4 Å². The second kappa shape index (κ2) is 7.60. The predicted molar refractivity (Wildman–Crippen MR) is 82.4 cm³/mol. The summed E-state index contributed by atoms with van der Waals surface area (Å²) in [6.07, 6.45) is 1.84. The number of nitrogens with zero attached hydrogens (tertiary/aromatic N) is 3. The largest absolute Gasteiger partial charge is 0.370 e. The van der Waals surface area contributed by atoms with Crippen molar-refractivity contribution < 1.29 is 0 Å². The van der Waals surface area contributed by atoms with Gasteiger partial charge in [0.05, 0.1) is 11.4 Å². The van der Waals surface area contributed by atoms with Crippen molar-refractivity contribution in [2.24, 2.45) is 0 Å². The minimum Gasteiger partial charge on any atom is -0.370 e. The van der Waals surface area contributed by atoms with E-state index in [-0.39, 0.29) is 0 Å². The van der Waals surface area contributed by atoms with Crippen molar-refractivity contribution in [1.29, 1.82) is 0 Å². The Morgan fingerprint density at radius 2 is 1.80 bits per heavy atom. The molecule has 0 aliphatic carbocycles. The molecule has 0 aliphatic rings. The molecule has 1 N–H and O–H groups in total. The first kappa shape index (κ1) is 14.5. The molecule has 20 heavy (non-hydrogen) atoms. The van der Waals surface area contributed by atoms with Crippen LogP contribution in [0, 0.1) is 0 Å². The van der Waals surface area contributed by atoms with Crippen LogP contribution in [0.1, 0.15) is 25.2 Å². The fourth-order valence-electron chi connectivity index (χ4n) is 2.08. The van der Waals surface area contributed by atoms with Crippen molar-refractivity contribution in [2.45, 2.75) is 26.9 Å². The lowest BCUT2D eigenvalue weighted by molar-refractivity contribution is 0.265. The molecule has 0 radical (unpaired) electrons. The summed E-state index contributed by atoms with van der Waals surface area (Å²) in [6.45, 7) is 7.80. The SMILES string of the molecule is CCNc1cccc(CN(CC)Cc2ccccn2)n1. The van der Waals surface area contributed by atoms with Crippen molar-refractivity contribution >= 4 is 5.82 Å². The molecule has 0 aliphatic heterocycles. The van der Waals surface area contributed by atoms with E-state index in [2.05, 4.69) is 52.2 Å². The first-order valence-corrected chi connectivity index (χ1v) is 7.14. The van der Waals surface area contributed by atoms with Crippen LogP contribution in [-0.2, 0) is 13.1 Å². The van der Waals surface area contributed by atoms with E-state index in [4.69, 9.17) is 0 Å². The third-order valence-corrected chi connectivity index (χ3v) is 3.11. The number of anilines is 1. The molecule has 106 valence electrons. The van der Waals surface area contributed by atoms with Crippen LogP contribution in [-0.4, -0.2) is 28.0 Å². The van der Waals surface area contributed by atoms with Gasteiger partial charge in [-0.1, -0.05) is 19.1 Å². The molecule has 2 heterocycles. The van der Waals surface area contributed by atoms with Gasteiger partial charge in [-0.2, -0.15) is 0 Å². The molecular formula is C16H22N4. The third-order valence-electron chi connectivity index (χ3n) is 3.11. The molecule has 0 saturated heterocycles. The van der Waals surface area contributed by atoms with E-state index in [1.165, 1.54) is 0 Å². The van der Waals surface area contributed by atoms with Crippen LogP contribution >= 0.6 is 0 Å². The summed E-state index contributed by atoms with van der Waals surface area (Å²) in [5.74, 6) is 0.943. The van der Waals surface area contributed by atoms with E-state index < -0.39 is 0 Å². The highest BCUT2D eigenvalue weighted by atomic mass is 15.1. The first-order valence-electron chi connectivity index (χ1n) is 7.14. The molecular weight excluding hydrogens is 248 g/mol. The lowest BCUT2D eigenvalue weighted by Gasteiger charge is -2.19. The molecule has 0 fully saturated rings. The molecule has 4 nitrogen and oxygen atoms in total. The van der Waals surface area contributed by atoms with Gasteiger partial charge in [-0.05, 0) is 37.7 Å². The Morgan fingerprint density at radius 3 is 2.50 bits per heavy atom. The summed E-state index contributed by atoms with van der Waals surface area (Å²) >= 11 is 0. The molecule has 2 aromatic rings. The zero-order valence-electron chi connectivity index (χ0n) is 12.2. The van der Waals surface area contributed by atoms with E-state index in [0.29, 0.717) is 0 Å². The summed E-state index contributed by atoms with van der Waals surface area (Å²) in [5, 5.41) is 3.25. The van der Waals surface area contributed by atoms with Gasteiger partial charge < -0.3 is 5.32 Å². The lowest BCUT2D eigenvalue weighted by atomic mass is 10.3. The highest BCUT2D eigenvalue weighted by Gasteiger charge is 2.07. The van der Waals surface area contributed by atoms with Gasteiger partial charge in [0.2, 0.25) is 0 Å². The number of pyridine rings is 2. The summed E-state index contributed by atoms with van der Waals surface area (Å²) < 4.78 is 0. The van der Waals surface area contributed by atoms with Gasteiger partial charge in [0.15, 0.2) is 0 Å². The molecule has 0 saturated carbocycles. The maximum absolute atomic E-state index is 4.62. The molecule has 0 amide bonds. The minimum atomic E-state index is 0.840. The van der Waals surface area contributed by atoms with Crippen molar-refractivity contribution in [3.8, 4) is 0 Å². The Bertz CT molecular complexity index is 513. The van der Waals surface area contributed by atoms with Crippen molar-refractivity contribution in [3.63, 3.8) is 0 Å². The van der Waals surface area contributed by atoms with Gasteiger partial charge in [-0.15, -0.1) is 0 Å². The number of nitrogens with one attached hydrogen (secondary N) is 1. The molecule has 0 spiro atoms. The van der Waals surface area contributed by atoms with E-state index in [1.807, 2.05) is 24.4 Å². The summed E-state index contributed by atoms with van der Waals surface area (Å²) in [7, 11) is 0. The van der Waals surface area contributed by atoms with E-state index >= 15 is 0 Å². The standard InChI is InChI=1S/C16H22N4/c1-3-17-16-10-7-9-15(19-16)13-20(4-2)12-14-8-5-6-11-18-14/h5-11H,3-4,12-13H2,1-2H3,(H,17,19).